The number of benzene rings is 2. The van der Waals surface area contributed by atoms with Gasteiger partial charge in [0.15, 0.2) is 5.16 Å². The van der Waals surface area contributed by atoms with Crippen LogP contribution in [0.5, 0.6) is 5.75 Å². The van der Waals surface area contributed by atoms with E-state index in [1.807, 2.05) is 12.1 Å². The number of para-hydroxylation sites is 2. The minimum absolute atomic E-state index is 0.129. The van der Waals surface area contributed by atoms with Crippen molar-refractivity contribution in [2.75, 3.05) is 19.9 Å². The van der Waals surface area contributed by atoms with E-state index in [-0.39, 0.29) is 17.2 Å². The number of thioether (sulfide) groups is 1. The molecule has 3 aromatic rings. The summed E-state index contributed by atoms with van der Waals surface area (Å²) in [5.74, 6) is 0.498. The molecular weight excluding hydrogens is 374 g/mol. The van der Waals surface area contributed by atoms with Gasteiger partial charge in [0.25, 0.3) is 5.56 Å². The summed E-state index contributed by atoms with van der Waals surface area (Å²) in [4.78, 5) is 29.4. The van der Waals surface area contributed by atoms with Crippen molar-refractivity contribution >= 4 is 40.2 Å². The highest BCUT2D eigenvalue weighted by atomic mass is 35.5. The normalized spacial score (nSPS) is 10.7. The number of hydrogen-bond acceptors (Lipinski definition) is 5. The second kappa shape index (κ2) is 7.80. The molecule has 1 heterocycles. The molecule has 0 atom stereocenters. The van der Waals surface area contributed by atoms with Crippen molar-refractivity contribution in [3.63, 3.8) is 0 Å². The molecule has 0 aliphatic heterocycles. The number of amides is 1. The number of fused-ring (bicyclic) bond motifs is 1. The van der Waals surface area contributed by atoms with E-state index in [0.717, 1.165) is 0 Å². The van der Waals surface area contributed by atoms with Gasteiger partial charge in [-0.2, -0.15) is 0 Å². The molecule has 2 aromatic carbocycles. The number of rotatable bonds is 5. The Hall–Kier alpha value is -2.51. The molecule has 134 valence electrons. The molecule has 8 heteroatoms. The summed E-state index contributed by atoms with van der Waals surface area (Å²) in [6.07, 6.45) is 0. The van der Waals surface area contributed by atoms with Crippen LogP contribution in [0.2, 0.25) is 5.02 Å². The van der Waals surface area contributed by atoms with E-state index in [0.29, 0.717) is 32.5 Å². The fourth-order valence-corrected chi connectivity index (χ4v) is 3.51. The van der Waals surface area contributed by atoms with Crippen molar-refractivity contribution in [1.29, 1.82) is 0 Å². The molecule has 0 saturated heterocycles. The molecule has 6 nitrogen and oxygen atoms in total. The molecule has 0 aliphatic carbocycles. The Morgan fingerprint density at radius 3 is 2.81 bits per heavy atom. The van der Waals surface area contributed by atoms with Crippen molar-refractivity contribution in [2.45, 2.75) is 5.16 Å². The lowest BCUT2D eigenvalue weighted by molar-refractivity contribution is -0.118. The van der Waals surface area contributed by atoms with E-state index in [4.69, 9.17) is 16.3 Å². The molecular formula is C18H16ClN3O3S. The van der Waals surface area contributed by atoms with Gasteiger partial charge < -0.3 is 10.1 Å². The zero-order valence-electron chi connectivity index (χ0n) is 14.2. The van der Waals surface area contributed by atoms with E-state index in [1.165, 1.54) is 23.4 Å². The van der Waals surface area contributed by atoms with Gasteiger partial charge in [-0.05, 0) is 30.3 Å². The average Bonchev–Trinajstić information content (AvgIpc) is 2.65. The first-order valence-corrected chi connectivity index (χ1v) is 9.10. The number of methoxy groups -OCH3 is 1. The van der Waals surface area contributed by atoms with Crippen LogP contribution in [0.15, 0.2) is 52.4 Å². The Bertz CT molecular complexity index is 1040. The second-order valence-electron chi connectivity index (χ2n) is 5.33. The zero-order chi connectivity index (χ0) is 18.7. The van der Waals surface area contributed by atoms with Crippen LogP contribution in [0.1, 0.15) is 0 Å². The Labute approximate surface area is 159 Å². The van der Waals surface area contributed by atoms with Crippen LogP contribution in [0.25, 0.3) is 16.6 Å². The first kappa shape index (κ1) is 18.3. The van der Waals surface area contributed by atoms with Gasteiger partial charge in [-0.1, -0.05) is 35.5 Å². The Morgan fingerprint density at radius 1 is 1.31 bits per heavy atom. The molecule has 0 saturated carbocycles. The summed E-state index contributed by atoms with van der Waals surface area (Å²) in [6.45, 7) is 0. The largest absolute Gasteiger partial charge is 0.495 e. The number of hydrogen-bond donors (Lipinski definition) is 1. The van der Waals surface area contributed by atoms with E-state index in [1.54, 1.807) is 37.4 Å². The molecule has 0 unspecified atom stereocenters. The number of aromatic nitrogens is 2. The monoisotopic (exact) mass is 389 g/mol. The summed E-state index contributed by atoms with van der Waals surface area (Å²) in [5.41, 5.74) is 0.785. The average molecular weight is 390 g/mol. The molecule has 3 rings (SSSR count). The van der Waals surface area contributed by atoms with Crippen LogP contribution in [0.3, 0.4) is 0 Å². The number of nitrogens with zero attached hydrogens (tertiary/aromatic N) is 2. The van der Waals surface area contributed by atoms with Crippen molar-refractivity contribution in [3.8, 4) is 11.4 Å². The summed E-state index contributed by atoms with van der Waals surface area (Å²) in [5, 5.41) is 3.87. The van der Waals surface area contributed by atoms with Crippen LogP contribution in [-0.2, 0) is 4.79 Å². The molecule has 0 spiro atoms. The highest BCUT2D eigenvalue weighted by Crippen LogP contribution is 2.27. The minimum atomic E-state index is -0.254. The van der Waals surface area contributed by atoms with E-state index in [9.17, 15) is 9.59 Å². The summed E-state index contributed by atoms with van der Waals surface area (Å²) >= 11 is 7.21. The zero-order valence-corrected chi connectivity index (χ0v) is 15.7. The maximum Gasteiger partial charge on any atom is 0.266 e. The van der Waals surface area contributed by atoms with Crippen LogP contribution in [0, 0.1) is 0 Å². The minimum Gasteiger partial charge on any atom is -0.495 e. The molecule has 1 amide bonds. The highest BCUT2D eigenvalue weighted by molar-refractivity contribution is 7.99. The lowest BCUT2D eigenvalue weighted by Crippen LogP contribution is -2.24. The SMILES string of the molecule is CNC(=O)CSc1nc2cc(Cl)ccc2c(=O)n1-c1ccccc1OC. The second-order valence-corrected chi connectivity index (χ2v) is 6.71. The number of ether oxygens (including phenoxy) is 1. The summed E-state index contributed by atoms with van der Waals surface area (Å²) in [6, 6.07) is 12.1. The fourth-order valence-electron chi connectivity index (χ4n) is 2.46. The number of carbonyl (C=O) groups excluding carboxylic acids is 1. The molecule has 1 aromatic heterocycles. The van der Waals surface area contributed by atoms with Gasteiger partial charge in [0.1, 0.15) is 5.75 Å². The van der Waals surface area contributed by atoms with Gasteiger partial charge in [-0.15, -0.1) is 0 Å². The number of nitrogens with one attached hydrogen (secondary N) is 1. The van der Waals surface area contributed by atoms with Crippen LogP contribution in [-0.4, -0.2) is 35.4 Å². The third-order valence-corrected chi connectivity index (χ3v) is 4.91. The standard InChI is InChI=1S/C18H16ClN3O3S/c1-20-16(23)10-26-18-21-13-9-11(19)7-8-12(13)17(24)22(18)14-5-3-4-6-15(14)25-2/h3-9H,10H2,1-2H3,(H,20,23). The van der Waals surface area contributed by atoms with Crippen LogP contribution in [0.4, 0.5) is 0 Å². The van der Waals surface area contributed by atoms with Gasteiger partial charge in [0, 0.05) is 12.1 Å². The molecule has 0 bridgehead atoms. The van der Waals surface area contributed by atoms with Crippen molar-refractivity contribution in [1.82, 2.24) is 14.9 Å². The molecule has 0 radical (unpaired) electrons. The maximum atomic E-state index is 13.2. The number of carbonyl (C=O) groups is 1. The highest BCUT2D eigenvalue weighted by Gasteiger charge is 2.17. The van der Waals surface area contributed by atoms with Gasteiger partial charge in [-0.25, -0.2) is 4.98 Å². The van der Waals surface area contributed by atoms with Gasteiger partial charge >= 0.3 is 0 Å². The van der Waals surface area contributed by atoms with Crippen LogP contribution >= 0.6 is 23.4 Å². The third kappa shape index (κ3) is 3.54. The molecule has 0 fully saturated rings. The van der Waals surface area contributed by atoms with Gasteiger partial charge in [-0.3, -0.25) is 14.2 Å². The Kier molecular flexibility index (Phi) is 5.49. The maximum absolute atomic E-state index is 13.2. The molecule has 0 aliphatic rings. The lowest BCUT2D eigenvalue weighted by Gasteiger charge is -2.15. The third-order valence-electron chi connectivity index (χ3n) is 3.74. The van der Waals surface area contributed by atoms with Crippen molar-refractivity contribution < 1.29 is 9.53 Å². The lowest BCUT2D eigenvalue weighted by atomic mass is 10.2. The van der Waals surface area contributed by atoms with E-state index >= 15 is 0 Å². The summed E-state index contributed by atoms with van der Waals surface area (Å²) < 4.78 is 6.85. The van der Waals surface area contributed by atoms with E-state index < -0.39 is 0 Å². The fraction of sp³-hybridized carbons (Fsp3) is 0.167. The van der Waals surface area contributed by atoms with Crippen molar-refractivity contribution in [2.24, 2.45) is 0 Å². The predicted molar refractivity (Wildman–Crippen MR) is 104 cm³/mol. The van der Waals surface area contributed by atoms with Crippen molar-refractivity contribution in [3.05, 3.63) is 57.8 Å². The van der Waals surface area contributed by atoms with Gasteiger partial charge in [0.05, 0.1) is 29.5 Å². The Balaban J connectivity index is 2.27. The molecule has 26 heavy (non-hydrogen) atoms. The molecule has 1 N–H and O–H groups in total. The van der Waals surface area contributed by atoms with Crippen LogP contribution < -0.4 is 15.6 Å². The quantitative estimate of drug-likeness (QED) is 0.536. The Morgan fingerprint density at radius 2 is 2.08 bits per heavy atom. The predicted octanol–water partition coefficient (Wildman–Crippen LogP) is 2.89. The first-order chi connectivity index (χ1) is 12.5. The van der Waals surface area contributed by atoms with E-state index in [2.05, 4.69) is 10.3 Å². The summed E-state index contributed by atoms with van der Waals surface area (Å²) in [7, 11) is 3.10. The first-order valence-electron chi connectivity index (χ1n) is 7.74. The number of halogens is 1. The topological polar surface area (TPSA) is 73.2 Å². The van der Waals surface area contributed by atoms with Gasteiger partial charge in [0.2, 0.25) is 5.91 Å². The smallest absolute Gasteiger partial charge is 0.266 e.